The van der Waals surface area contributed by atoms with Gasteiger partial charge in [-0.1, -0.05) is 18.2 Å². The molecular weight excluding hydrogens is 260 g/mol. The molecule has 102 valence electrons. The molecule has 4 nitrogen and oxygen atoms in total. The van der Waals surface area contributed by atoms with E-state index in [2.05, 4.69) is 9.88 Å². The van der Waals surface area contributed by atoms with Crippen molar-refractivity contribution in [2.24, 2.45) is 0 Å². The highest BCUT2D eigenvalue weighted by atomic mass is 32.1. The van der Waals surface area contributed by atoms with Crippen LogP contribution in [0.3, 0.4) is 0 Å². The SMILES string of the molecule is COc1ccccc1CN(C)c1nc(C(C)O)cs1. The molecule has 0 aliphatic heterocycles. The largest absolute Gasteiger partial charge is 0.496 e. The molecule has 1 aromatic carbocycles. The van der Waals surface area contributed by atoms with Crippen LogP contribution in [-0.2, 0) is 6.54 Å². The lowest BCUT2D eigenvalue weighted by atomic mass is 10.2. The summed E-state index contributed by atoms with van der Waals surface area (Å²) in [4.78, 5) is 6.46. The second kappa shape index (κ2) is 6.04. The molecule has 1 atom stereocenters. The molecule has 2 aromatic rings. The molecule has 19 heavy (non-hydrogen) atoms. The Morgan fingerprint density at radius 1 is 1.42 bits per heavy atom. The third-order valence-corrected chi connectivity index (χ3v) is 3.84. The zero-order valence-corrected chi connectivity index (χ0v) is 12.1. The van der Waals surface area contributed by atoms with Crippen molar-refractivity contribution in [1.82, 2.24) is 4.98 Å². The maximum atomic E-state index is 9.50. The third kappa shape index (κ3) is 3.24. The number of hydrogen-bond acceptors (Lipinski definition) is 5. The van der Waals surface area contributed by atoms with Gasteiger partial charge < -0.3 is 14.7 Å². The Kier molecular flexibility index (Phi) is 4.39. The Bertz CT molecular complexity index is 540. The Labute approximate surface area is 117 Å². The Morgan fingerprint density at radius 3 is 2.79 bits per heavy atom. The summed E-state index contributed by atoms with van der Waals surface area (Å²) in [5.41, 5.74) is 1.83. The van der Waals surface area contributed by atoms with Crippen LogP contribution in [0, 0.1) is 0 Å². The molecular formula is C14H18N2O2S. The lowest BCUT2D eigenvalue weighted by Gasteiger charge is -2.17. The van der Waals surface area contributed by atoms with E-state index in [0.717, 1.165) is 23.0 Å². The first kappa shape index (κ1) is 13.8. The Balaban J connectivity index is 2.13. The second-order valence-corrected chi connectivity index (χ2v) is 5.24. The Hall–Kier alpha value is -1.59. The van der Waals surface area contributed by atoms with Gasteiger partial charge in [-0.25, -0.2) is 4.98 Å². The number of aliphatic hydroxyl groups excluding tert-OH is 1. The molecule has 5 heteroatoms. The van der Waals surface area contributed by atoms with Gasteiger partial charge in [0.25, 0.3) is 0 Å². The van der Waals surface area contributed by atoms with Crippen molar-refractivity contribution < 1.29 is 9.84 Å². The van der Waals surface area contributed by atoms with Gasteiger partial charge in [0.1, 0.15) is 5.75 Å². The van der Waals surface area contributed by atoms with Crippen LogP contribution in [0.5, 0.6) is 5.75 Å². The first-order valence-corrected chi connectivity index (χ1v) is 6.96. The molecule has 0 spiro atoms. The summed E-state index contributed by atoms with van der Waals surface area (Å²) in [6, 6.07) is 7.94. The van der Waals surface area contributed by atoms with Crippen LogP contribution in [0.25, 0.3) is 0 Å². The molecule has 0 aliphatic rings. The minimum Gasteiger partial charge on any atom is -0.496 e. The first-order valence-electron chi connectivity index (χ1n) is 6.08. The van der Waals surface area contributed by atoms with Crippen LogP contribution in [0.2, 0.25) is 0 Å². The highest BCUT2D eigenvalue weighted by molar-refractivity contribution is 7.13. The number of benzene rings is 1. The maximum Gasteiger partial charge on any atom is 0.185 e. The molecule has 0 fully saturated rings. The lowest BCUT2D eigenvalue weighted by molar-refractivity contribution is 0.195. The van der Waals surface area contributed by atoms with E-state index in [1.165, 1.54) is 11.3 Å². The van der Waals surface area contributed by atoms with Crippen molar-refractivity contribution in [3.63, 3.8) is 0 Å². The summed E-state index contributed by atoms with van der Waals surface area (Å²) < 4.78 is 5.34. The molecule has 0 saturated heterocycles. The molecule has 0 saturated carbocycles. The predicted octanol–water partition coefficient (Wildman–Crippen LogP) is 2.84. The van der Waals surface area contributed by atoms with Gasteiger partial charge in [0.15, 0.2) is 5.13 Å². The van der Waals surface area contributed by atoms with Crippen molar-refractivity contribution in [3.8, 4) is 5.75 Å². The third-order valence-electron chi connectivity index (χ3n) is 2.86. The van der Waals surface area contributed by atoms with E-state index in [1.807, 2.05) is 36.7 Å². The van der Waals surface area contributed by atoms with E-state index in [4.69, 9.17) is 4.74 Å². The van der Waals surface area contributed by atoms with Gasteiger partial charge in [-0.3, -0.25) is 0 Å². The first-order chi connectivity index (χ1) is 9.11. The highest BCUT2D eigenvalue weighted by Gasteiger charge is 2.12. The molecule has 1 N–H and O–H groups in total. The zero-order chi connectivity index (χ0) is 13.8. The number of ether oxygens (including phenoxy) is 1. The van der Waals surface area contributed by atoms with Gasteiger partial charge in [0.2, 0.25) is 0 Å². The van der Waals surface area contributed by atoms with E-state index < -0.39 is 6.10 Å². The van der Waals surface area contributed by atoms with Crippen molar-refractivity contribution >= 4 is 16.5 Å². The van der Waals surface area contributed by atoms with Crippen LogP contribution in [-0.4, -0.2) is 24.2 Å². The van der Waals surface area contributed by atoms with Crippen LogP contribution in [0.1, 0.15) is 24.3 Å². The van der Waals surface area contributed by atoms with Crippen LogP contribution < -0.4 is 9.64 Å². The van der Waals surface area contributed by atoms with Crippen molar-refractivity contribution in [1.29, 1.82) is 0 Å². The molecule has 1 aromatic heterocycles. The van der Waals surface area contributed by atoms with Gasteiger partial charge in [0.05, 0.1) is 18.9 Å². The predicted molar refractivity (Wildman–Crippen MR) is 77.8 cm³/mol. The summed E-state index contributed by atoms with van der Waals surface area (Å²) in [5, 5.41) is 12.3. The fourth-order valence-corrected chi connectivity index (χ4v) is 2.68. The minimum atomic E-state index is -0.523. The summed E-state index contributed by atoms with van der Waals surface area (Å²) >= 11 is 1.53. The van der Waals surface area contributed by atoms with E-state index in [9.17, 15) is 5.11 Å². The van der Waals surface area contributed by atoms with Crippen LogP contribution >= 0.6 is 11.3 Å². The average molecular weight is 278 g/mol. The van der Waals surface area contributed by atoms with Gasteiger partial charge in [-0.15, -0.1) is 11.3 Å². The number of thiazole rings is 1. The number of anilines is 1. The van der Waals surface area contributed by atoms with Crippen LogP contribution in [0.4, 0.5) is 5.13 Å². The minimum absolute atomic E-state index is 0.523. The number of nitrogens with zero attached hydrogens (tertiary/aromatic N) is 2. The van der Waals surface area contributed by atoms with Crippen molar-refractivity contribution in [3.05, 3.63) is 40.9 Å². The van der Waals surface area contributed by atoms with Crippen molar-refractivity contribution in [2.45, 2.75) is 19.6 Å². The number of methoxy groups -OCH3 is 1. The summed E-state index contributed by atoms with van der Waals surface area (Å²) in [6.07, 6.45) is -0.523. The molecule has 2 rings (SSSR count). The van der Waals surface area contributed by atoms with E-state index in [0.29, 0.717) is 5.69 Å². The number of aliphatic hydroxyl groups is 1. The van der Waals surface area contributed by atoms with Crippen LogP contribution in [0.15, 0.2) is 29.6 Å². The van der Waals surface area contributed by atoms with E-state index in [1.54, 1.807) is 14.0 Å². The number of para-hydroxylation sites is 1. The summed E-state index contributed by atoms with van der Waals surface area (Å²) in [6.45, 7) is 2.44. The number of aromatic nitrogens is 1. The number of hydrogen-bond donors (Lipinski definition) is 1. The molecule has 0 amide bonds. The van der Waals surface area contributed by atoms with Gasteiger partial charge >= 0.3 is 0 Å². The topological polar surface area (TPSA) is 45.6 Å². The molecule has 0 bridgehead atoms. The van der Waals surface area contributed by atoms with E-state index in [-0.39, 0.29) is 0 Å². The molecule has 1 unspecified atom stereocenters. The lowest BCUT2D eigenvalue weighted by Crippen LogP contribution is -2.16. The number of rotatable bonds is 5. The standard InChI is InChI=1S/C14H18N2O2S/c1-10(17)12-9-19-14(15-12)16(2)8-11-6-4-5-7-13(11)18-3/h4-7,9-10,17H,8H2,1-3H3. The smallest absolute Gasteiger partial charge is 0.185 e. The van der Waals surface area contributed by atoms with Gasteiger partial charge in [-0.2, -0.15) is 0 Å². The quantitative estimate of drug-likeness (QED) is 0.913. The normalized spacial score (nSPS) is 12.2. The fourth-order valence-electron chi connectivity index (χ4n) is 1.80. The monoisotopic (exact) mass is 278 g/mol. The summed E-state index contributed by atoms with van der Waals surface area (Å²) in [7, 11) is 3.66. The van der Waals surface area contributed by atoms with Crippen molar-refractivity contribution in [2.75, 3.05) is 19.1 Å². The Morgan fingerprint density at radius 2 is 2.16 bits per heavy atom. The maximum absolute atomic E-state index is 9.50. The average Bonchev–Trinajstić information content (AvgIpc) is 2.89. The molecule has 0 aliphatic carbocycles. The second-order valence-electron chi connectivity index (χ2n) is 4.40. The van der Waals surface area contributed by atoms with Gasteiger partial charge in [-0.05, 0) is 13.0 Å². The molecule has 0 radical (unpaired) electrons. The van der Waals surface area contributed by atoms with E-state index >= 15 is 0 Å². The fraction of sp³-hybridized carbons (Fsp3) is 0.357. The van der Waals surface area contributed by atoms with Gasteiger partial charge in [0, 0.05) is 24.5 Å². The molecule has 1 heterocycles. The highest BCUT2D eigenvalue weighted by Crippen LogP contribution is 2.26. The summed E-state index contributed by atoms with van der Waals surface area (Å²) in [5.74, 6) is 0.877. The zero-order valence-electron chi connectivity index (χ0n) is 11.3.